The Hall–Kier alpha value is -1.65. The maximum absolute atomic E-state index is 13.7. The topological polar surface area (TPSA) is 101 Å². The number of hydrogen-bond donors (Lipinski definition) is 1. The fourth-order valence-corrected chi connectivity index (χ4v) is 3.73. The second-order valence-corrected chi connectivity index (χ2v) is 6.98. The van der Waals surface area contributed by atoms with Crippen molar-refractivity contribution in [3.05, 3.63) is 33.9 Å². The zero-order chi connectivity index (χ0) is 16.0. The van der Waals surface area contributed by atoms with E-state index in [1.165, 1.54) is 6.92 Å². The molecular weight excluding hydrogens is 310 g/mol. The van der Waals surface area contributed by atoms with Crippen molar-refractivity contribution < 1.29 is 27.2 Å². The van der Waals surface area contributed by atoms with Gasteiger partial charge in [-0.1, -0.05) is 0 Å². The Balaban J connectivity index is 2.51. The molecule has 1 aliphatic rings. The highest BCUT2D eigenvalue weighted by Crippen LogP contribution is 2.31. The summed E-state index contributed by atoms with van der Waals surface area (Å²) in [5, 5.41) is 20.4. The summed E-state index contributed by atoms with van der Waals surface area (Å²) in [5.74, 6) is -2.87. The van der Waals surface area contributed by atoms with Crippen LogP contribution >= 0.6 is 0 Å². The minimum Gasteiger partial charge on any atom is -0.389 e. The van der Waals surface area contributed by atoms with Crippen molar-refractivity contribution in [3.63, 3.8) is 0 Å². The van der Waals surface area contributed by atoms with Gasteiger partial charge in [-0.15, -0.1) is 0 Å². The van der Waals surface area contributed by atoms with E-state index in [4.69, 9.17) is 0 Å². The highest BCUT2D eigenvalue weighted by atomic mass is 32.2. The van der Waals surface area contributed by atoms with Crippen molar-refractivity contribution in [3.8, 4) is 0 Å². The Morgan fingerprint density at radius 2 is 2.00 bits per heavy atom. The lowest BCUT2D eigenvalue weighted by Gasteiger charge is -2.19. The van der Waals surface area contributed by atoms with Gasteiger partial charge in [-0.25, -0.2) is 12.8 Å². The number of sulfonamides is 1. The van der Waals surface area contributed by atoms with Crippen LogP contribution in [0.3, 0.4) is 0 Å². The van der Waals surface area contributed by atoms with Crippen LogP contribution in [-0.2, 0) is 10.0 Å². The van der Waals surface area contributed by atoms with E-state index < -0.39 is 42.8 Å². The van der Waals surface area contributed by atoms with Crippen molar-refractivity contribution >= 4 is 15.7 Å². The molecule has 0 aliphatic carbocycles. The van der Waals surface area contributed by atoms with Crippen LogP contribution in [0.15, 0.2) is 17.0 Å². The number of halogens is 2. The van der Waals surface area contributed by atoms with E-state index in [0.29, 0.717) is 6.07 Å². The zero-order valence-corrected chi connectivity index (χ0v) is 11.7. The highest BCUT2D eigenvalue weighted by Gasteiger charge is 2.40. The van der Waals surface area contributed by atoms with Crippen molar-refractivity contribution in [1.82, 2.24) is 4.31 Å². The molecule has 1 unspecified atom stereocenters. The molecule has 0 bridgehead atoms. The van der Waals surface area contributed by atoms with E-state index in [1.807, 2.05) is 0 Å². The average molecular weight is 322 g/mol. The maximum atomic E-state index is 13.7. The standard InChI is InChI=1S/C11H12F2N2O5S/c1-11(16)2-3-14(6-11)21(19,20)10-5-9(15(17)18)7(12)4-8(10)13/h4-5,16H,2-3,6H2,1H3. The lowest BCUT2D eigenvalue weighted by molar-refractivity contribution is -0.387. The monoisotopic (exact) mass is 322 g/mol. The van der Waals surface area contributed by atoms with Gasteiger partial charge in [-0.2, -0.15) is 8.70 Å². The van der Waals surface area contributed by atoms with E-state index in [0.717, 1.165) is 4.31 Å². The number of nitro benzene ring substituents is 1. The van der Waals surface area contributed by atoms with Crippen LogP contribution in [0.4, 0.5) is 14.5 Å². The lowest BCUT2D eigenvalue weighted by atomic mass is 10.1. The molecule has 1 aromatic carbocycles. The van der Waals surface area contributed by atoms with Gasteiger partial charge in [0.2, 0.25) is 15.8 Å². The number of nitrogens with zero attached hydrogens (tertiary/aromatic N) is 2. The Labute approximate surface area is 119 Å². The zero-order valence-electron chi connectivity index (χ0n) is 10.9. The third kappa shape index (κ3) is 2.87. The summed E-state index contributed by atoms with van der Waals surface area (Å²) in [6.45, 7) is 1.10. The minimum atomic E-state index is -4.39. The molecule has 7 nitrogen and oxygen atoms in total. The van der Waals surface area contributed by atoms with Gasteiger partial charge in [-0.05, 0) is 13.3 Å². The normalized spacial score (nSPS) is 23.4. The van der Waals surface area contributed by atoms with Crippen LogP contribution in [0.1, 0.15) is 13.3 Å². The van der Waals surface area contributed by atoms with Crippen LogP contribution in [0.5, 0.6) is 0 Å². The molecule has 10 heteroatoms. The van der Waals surface area contributed by atoms with Gasteiger partial charge >= 0.3 is 5.69 Å². The van der Waals surface area contributed by atoms with Gasteiger partial charge in [0.05, 0.1) is 10.5 Å². The van der Waals surface area contributed by atoms with Gasteiger partial charge in [-0.3, -0.25) is 10.1 Å². The van der Waals surface area contributed by atoms with E-state index in [9.17, 15) is 32.4 Å². The Bertz CT molecular complexity index is 705. The predicted molar refractivity (Wildman–Crippen MR) is 67.0 cm³/mol. The molecule has 116 valence electrons. The van der Waals surface area contributed by atoms with Gasteiger partial charge in [0.15, 0.2) is 0 Å². The molecule has 1 saturated heterocycles. The first-order valence-corrected chi connectivity index (χ1v) is 7.34. The Morgan fingerprint density at radius 1 is 1.38 bits per heavy atom. The van der Waals surface area contributed by atoms with Crippen LogP contribution in [0.2, 0.25) is 0 Å². The van der Waals surface area contributed by atoms with Crippen LogP contribution in [0.25, 0.3) is 0 Å². The molecule has 0 radical (unpaired) electrons. The molecule has 1 aromatic rings. The summed E-state index contributed by atoms with van der Waals surface area (Å²) in [7, 11) is -4.39. The maximum Gasteiger partial charge on any atom is 0.306 e. The summed E-state index contributed by atoms with van der Waals surface area (Å²) >= 11 is 0. The summed E-state index contributed by atoms with van der Waals surface area (Å²) in [5.41, 5.74) is -2.38. The van der Waals surface area contributed by atoms with Crippen LogP contribution < -0.4 is 0 Å². The molecule has 1 fully saturated rings. The molecule has 0 amide bonds. The number of rotatable bonds is 3. The molecule has 1 N–H and O–H groups in total. The number of nitro groups is 1. The second-order valence-electron chi connectivity index (χ2n) is 5.08. The molecule has 1 aliphatic heterocycles. The quantitative estimate of drug-likeness (QED) is 0.661. The fourth-order valence-electron chi connectivity index (χ4n) is 2.10. The first-order valence-electron chi connectivity index (χ1n) is 5.90. The Morgan fingerprint density at radius 3 is 2.48 bits per heavy atom. The van der Waals surface area contributed by atoms with E-state index in [2.05, 4.69) is 0 Å². The molecule has 0 aromatic heterocycles. The number of aliphatic hydroxyl groups is 1. The number of benzene rings is 1. The summed E-state index contributed by atoms with van der Waals surface area (Å²) in [6.07, 6.45) is 0.150. The van der Waals surface area contributed by atoms with Crippen molar-refractivity contribution in [1.29, 1.82) is 0 Å². The molecule has 0 spiro atoms. The van der Waals surface area contributed by atoms with Crippen molar-refractivity contribution in [2.24, 2.45) is 0 Å². The van der Waals surface area contributed by atoms with Crippen molar-refractivity contribution in [2.45, 2.75) is 23.8 Å². The number of β-amino-alcohol motifs (C(OH)–C–C–N with tert-alkyl or cyclic N) is 1. The Kier molecular flexibility index (Phi) is 3.72. The van der Waals surface area contributed by atoms with E-state index >= 15 is 0 Å². The van der Waals surface area contributed by atoms with Gasteiger partial charge in [0, 0.05) is 25.2 Å². The molecule has 0 saturated carbocycles. The van der Waals surface area contributed by atoms with E-state index in [1.54, 1.807) is 0 Å². The first-order chi connectivity index (χ1) is 9.54. The second kappa shape index (κ2) is 4.97. The molecule has 1 heterocycles. The lowest BCUT2D eigenvalue weighted by Crippen LogP contribution is -2.34. The van der Waals surface area contributed by atoms with Crippen molar-refractivity contribution in [2.75, 3.05) is 13.1 Å². The van der Waals surface area contributed by atoms with Gasteiger partial charge < -0.3 is 5.11 Å². The molecule has 1 atom stereocenters. The fraction of sp³-hybridized carbons (Fsp3) is 0.455. The largest absolute Gasteiger partial charge is 0.389 e. The van der Waals surface area contributed by atoms with E-state index in [-0.39, 0.29) is 25.6 Å². The van der Waals surface area contributed by atoms with Crippen LogP contribution in [0, 0.1) is 21.7 Å². The van der Waals surface area contributed by atoms with Gasteiger partial charge in [0.25, 0.3) is 0 Å². The third-order valence-corrected chi connectivity index (χ3v) is 5.09. The smallest absolute Gasteiger partial charge is 0.306 e. The summed E-state index contributed by atoms with van der Waals surface area (Å²) < 4.78 is 52.3. The SMILES string of the molecule is CC1(O)CCN(S(=O)(=O)c2cc([N+](=O)[O-])c(F)cc2F)C1. The summed E-state index contributed by atoms with van der Waals surface area (Å²) in [6, 6.07) is 0.520. The molecular formula is C11H12F2N2O5S. The molecule has 2 rings (SSSR count). The average Bonchev–Trinajstić information content (AvgIpc) is 2.69. The summed E-state index contributed by atoms with van der Waals surface area (Å²) in [4.78, 5) is 8.52. The van der Waals surface area contributed by atoms with Gasteiger partial charge in [0.1, 0.15) is 10.7 Å². The number of hydrogen-bond acceptors (Lipinski definition) is 5. The molecule has 21 heavy (non-hydrogen) atoms. The highest BCUT2D eigenvalue weighted by molar-refractivity contribution is 7.89. The minimum absolute atomic E-state index is 0.0556. The third-order valence-electron chi connectivity index (χ3n) is 3.23. The first kappa shape index (κ1) is 15.7. The predicted octanol–water partition coefficient (Wildman–Crippen LogP) is 1.02. The van der Waals surface area contributed by atoms with Crippen LogP contribution in [-0.4, -0.2) is 41.4 Å².